The number of halogens is 2. The zero-order chi connectivity index (χ0) is 30.8. The average molecular weight is 662 g/mol. The van der Waals surface area contributed by atoms with E-state index in [1.54, 1.807) is 58.3 Å². The quantitative estimate of drug-likeness (QED) is 0.163. The molecule has 0 unspecified atom stereocenters. The summed E-state index contributed by atoms with van der Waals surface area (Å²) in [5, 5.41) is 0. The van der Waals surface area contributed by atoms with Crippen LogP contribution in [0.15, 0.2) is 18.2 Å². The highest BCUT2D eigenvalue weighted by Gasteiger charge is 2.32. The van der Waals surface area contributed by atoms with Crippen molar-refractivity contribution in [1.82, 2.24) is 9.80 Å². The van der Waals surface area contributed by atoms with Crippen LogP contribution >= 0.6 is 24.8 Å². The maximum atomic E-state index is 12.8. The fraction of sp³-hybridized carbons (Fsp3) is 0.548. The predicted octanol–water partition coefficient (Wildman–Crippen LogP) is 4.46. The number of methoxy groups -OCH3 is 4. The molecule has 248 valence electrons. The van der Waals surface area contributed by atoms with Crippen LogP contribution in [0.4, 0.5) is 0 Å². The summed E-state index contributed by atoms with van der Waals surface area (Å²) >= 11 is 0. The van der Waals surface area contributed by atoms with Crippen molar-refractivity contribution in [1.29, 1.82) is 0 Å². The third kappa shape index (κ3) is 10.5. The summed E-state index contributed by atoms with van der Waals surface area (Å²) in [6.45, 7) is 0.684. The minimum absolute atomic E-state index is 0. The first-order valence-electron chi connectivity index (χ1n) is 14.0. The zero-order valence-electron chi connectivity index (χ0n) is 26.9. The number of esters is 2. The second-order valence-electron chi connectivity index (χ2n) is 10.7. The molecule has 0 bridgehead atoms. The van der Waals surface area contributed by atoms with E-state index in [0.29, 0.717) is 54.1 Å². The average Bonchev–Trinajstić information content (AvgIpc) is 3.15. The number of hydrogen-bond acceptors (Lipinski definition) is 11. The van der Waals surface area contributed by atoms with Gasteiger partial charge in [-0.3, -0.25) is 19.4 Å². The van der Waals surface area contributed by atoms with Gasteiger partial charge in [-0.15, -0.1) is 24.8 Å². The van der Waals surface area contributed by atoms with Crippen LogP contribution in [-0.2, 0) is 22.4 Å². The molecule has 0 radical (unpaired) electrons. The maximum Gasteiger partial charge on any atom is 0.325 e. The Hall–Kier alpha value is -3.12. The smallest absolute Gasteiger partial charge is 0.325 e. The van der Waals surface area contributed by atoms with Crippen molar-refractivity contribution in [2.24, 2.45) is 5.92 Å². The molecule has 0 saturated heterocycles. The van der Waals surface area contributed by atoms with Crippen molar-refractivity contribution in [3.63, 3.8) is 0 Å². The first-order chi connectivity index (χ1) is 20.1. The topological polar surface area (TPSA) is 105 Å². The van der Waals surface area contributed by atoms with Gasteiger partial charge in [0.1, 0.15) is 17.2 Å². The van der Waals surface area contributed by atoms with Gasteiger partial charge < -0.3 is 33.2 Å². The van der Waals surface area contributed by atoms with E-state index in [1.165, 1.54) is 14.2 Å². The Kier molecular flexibility index (Phi) is 16.5. The molecule has 0 amide bonds. The number of likely N-dealkylation sites (N-methyl/N-ethyl adjacent to an activating group) is 2. The Morgan fingerprint density at radius 1 is 0.659 bits per heavy atom. The number of hydrogen-bond donors (Lipinski definition) is 0. The molecule has 13 heteroatoms. The molecule has 0 fully saturated rings. The maximum absolute atomic E-state index is 12.8. The fourth-order valence-electron chi connectivity index (χ4n) is 5.02. The molecule has 0 heterocycles. The molecular weight excluding hydrogens is 615 g/mol. The van der Waals surface area contributed by atoms with Gasteiger partial charge in [0.25, 0.3) is 0 Å². The lowest BCUT2D eigenvalue weighted by Crippen LogP contribution is -2.27. The SMILES string of the molecule is COc1cc(OC)cc(OCCC2CCc3c(c(OC(=O)CN(C)C)c(OC)c(OC)c3OC(=O)CN(C)C)CC2)c1.Cl.Cl. The molecule has 0 N–H and O–H groups in total. The molecular formula is C31H46Cl2N2O9. The zero-order valence-corrected chi connectivity index (χ0v) is 28.5. The van der Waals surface area contributed by atoms with Crippen molar-refractivity contribution in [2.75, 3.05) is 76.3 Å². The molecule has 44 heavy (non-hydrogen) atoms. The number of carbonyl (C=O) groups is 2. The lowest BCUT2D eigenvalue weighted by molar-refractivity contribution is -0.136. The van der Waals surface area contributed by atoms with Crippen LogP contribution in [0.5, 0.6) is 40.2 Å². The largest absolute Gasteiger partial charge is 0.496 e. The Morgan fingerprint density at radius 3 is 1.43 bits per heavy atom. The summed E-state index contributed by atoms with van der Waals surface area (Å²) in [6.07, 6.45) is 3.62. The van der Waals surface area contributed by atoms with Gasteiger partial charge in [0.2, 0.25) is 11.5 Å². The summed E-state index contributed by atoms with van der Waals surface area (Å²) in [5.74, 6) is 2.50. The lowest BCUT2D eigenvalue weighted by Gasteiger charge is -2.23. The molecule has 0 atom stereocenters. The minimum atomic E-state index is -0.428. The lowest BCUT2D eigenvalue weighted by atomic mass is 9.96. The van der Waals surface area contributed by atoms with Crippen LogP contribution in [0.2, 0.25) is 0 Å². The standard InChI is InChI=1S/C31H44N2O9.2ClH/c1-32(2)18-26(34)41-28-24-11-9-20(13-14-40-23-16-21(36-5)15-22(17-23)37-6)10-12-25(24)29(31(39-8)30(28)38-7)42-27(35)19-33(3)4;;/h15-17,20H,9-14,18-19H2,1-8H3;2*1H. The van der Waals surface area contributed by atoms with Crippen LogP contribution in [0.3, 0.4) is 0 Å². The van der Waals surface area contributed by atoms with E-state index in [9.17, 15) is 9.59 Å². The van der Waals surface area contributed by atoms with Gasteiger partial charge in [0.05, 0.1) is 48.1 Å². The van der Waals surface area contributed by atoms with E-state index >= 15 is 0 Å². The van der Waals surface area contributed by atoms with Gasteiger partial charge in [-0.1, -0.05) is 0 Å². The molecule has 11 nitrogen and oxygen atoms in total. The molecule has 2 aromatic carbocycles. The number of fused-ring (bicyclic) bond motifs is 1. The first-order valence-corrected chi connectivity index (χ1v) is 14.0. The van der Waals surface area contributed by atoms with Gasteiger partial charge >= 0.3 is 11.9 Å². The molecule has 0 aromatic heterocycles. The second-order valence-corrected chi connectivity index (χ2v) is 10.7. The summed E-state index contributed by atoms with van der Waals surface area (Å²) in [7, 11) is 13.3. The van der Waals surface area contributed by atoms with Crippen LogP contribution in [0.25, 0.3) is 0 Å². The van der Waals surface area contributed by atoms with Crippen molar-refractivity contribution in [3.05, 3.63) is 29.3 Å². The van der Waals surface area contributed by atoms with Crippen LogP contribution in [0.1, 0.15) is 30.4 Å². The van der Waals surface area contributed by atoms with Gasteiger partial charge in [0, 0.05) is 29.3 Å². The third-order valence-corrected chi connectivity index (χ3v) is 6.99. The van der Waals surface area contributed by atoms with E-state index in [0.717, 1.165) is 30.4 Å². The van der Waals surface area contributed by atoms with Gasteiger partial charge in [-0.25, -0.2) is 0 Å². The Morgan fingerprint density at radius 2 is 1.07 bits per heavy atom. The highest BCUT2D eigenvalue weighted by molar-refractivity contribution is 5.85. The molecule has 0 spiro atoms. The molecule has 1 aliphatic rings. The van der Waals surface area contributed by atoms with E-state index in [2.05, 4.69) is 0 Å². The van der Waals surface area contributed by atoms with E-state index in [4.69, 9.17) is 33.2 Å². The van der Waals surface area contributed by atoms with E-state index in [1.807, 2.05) is 12.1 Å². The Balaban J connectivity index is 0.00000484. The molecule has 0 aliphatic heterocycles. The van der Waals surface area contributed by atoms with Gasteiger partial charge in [-0.05, 0) is 66.2 Å². The van der Waals surface area contributed by atoms with Crippen molar-refractivity contribution in [3.8, 4) is 40.2 Å². The molecule has 2 aromatic rings. The van der Waals surface area contributed by atoms with Crippen LogP contribution < -0.4 is 33.2 Å². The highest BCUT2D eigenvalue weighted by Crippen LogP contribution is 2.52. The molecule has 1 aliphatic carbocycles. The first kappa shape index (κ1) is 38.9. The van der Waals surface area contributed by atoms with E-state index < -0.39 is 11.9 Å². The van der Waals surface area contributed by atoms with E-state index in [-0.39, 0.29) is 49.4 Å². The van der Waals surface area contributed by atoms with Gasteiger partial charge in [0.15, 0.2) is 11.5 Å². The number of nitrogens with zero attached hydrogens (tertiary/aromatic N) is 2. The Bertz CT molecular complexity index is 1160. The van der Waals surface area contributed by atoms with Crippen LogP contribution in [-0.4, -0.2) is 98.1 Å². The highest BCUT2D eigenvalue weighted by atomic mass is 35.5. The minimum Gasteiger partial charge on any atom is -0.496 e. The number of rotatable bonds is 14. The molecule has 0 saturated carbocycles. The molecule has 3 rings (SSSR count). The number of benzene rings is 2. The summed E-state index contributed by atoms with van der Waals surface area (Å²) in [6, 6.07) is 5.45. The van der Waals surface area contributed by atoms with Crippen molar-refractivity contribution < 1.29 is 42.7 Å². The normalized spacial score (nSPS) is 12.7. The fourth-order valence-corrected chi connectivity index (χ4v) is 5.02. The second kappa shape index (κ2) is 18.6. The summed E-state index contributed by atoms with van der Waals surface area (Å²) in [5.41, 5.74) is 1.57. The summed E-state index contributed by atoms with van der Waals surface area (Å²) < 4.78 is 40.0. The van der Waals surface area contributed by atoms with Crippen LogP contribution in [0, 0.1) is 5.92 Å². The Labute approximate surface area is 272 Å². The monoisotopic (exact) mass is 660 g/mol. The third-order valence-electron chi connectivity index (χ3n) is 6.99. The number of carbonyl (C=O) groups excluding carboxylic acids is 2. The predicted molar refractivity (Wildman–Crippen MR) is 172 cm³/mol. The van der Waals surface area contributed by atoms with Crippen molar-refractivity contribution >= 4 is 36.8 Å². The van der Waals surface area contributed by atoms with Crippen molar-refractivity contribution in [2.45, 2.75) is 32.1 Å². The summed E-state index contributed by atoms with van der Waals surface area (Å²) in [4.78, 5) is 29.0. The van der Waals surface area contributed by atoms with Gasteiger partial charge in [-0.2, -0.15) is 0 Å². The number of ether oxygens (including phenoxy) is 7.